The van der Waals surface area contributed by atoms with Crippen molar-refractivity contribution in [3.63, 3.8) is 0 Å². The van der Waals surface area contributed by atoms with Gasteiger partial charge in [-0.25, -0.2) is 14.4 Å². The van der Waals surface area contributed by atoms with E-state index < -0.39 is 0 Å². The van der Waals surface area contributed by atoms with Gasteiger partial charge in [0.05, 0.1) is 4.90 Å². The van der Waals surface area contributed by atoms with Gasteiger partial charge in [-0.05, 0) is 42.0 Å². The molecule has 0 bridgehead atoms. The normalized spacial score (nSPS) is 10.6. The van der Waals surface area contributed by atoms with Gasteiger partial charge >= 0.3 is 0 Å². The molecule has 0 spiro atoms. The maximum Gasteiger partial charge on any atom is 0.275 e. The molecule has 154 valence electrons. The van der Waals surface area contributed by atoms with Crippen LogP contribution in [0.3, 0.4) is 0 Å². The summed E-state index contributed by atoms with van der Waals surface area (Å²) < 4.78 is 13.1. The molecule has 31 heavy (non-hydrogen) atoms. The Morgan fingerprint density at radius 1 is 0.903 bits per heavy atom. The third-order valence-electron chi connectivity index (χ3n) is 4.23. The zero-order valence-corrected chi connectivity index (χ0v) is 18.0. The Balaban J connectivity index is 1.58. The molecule has 0 aliphatic rings. The summed E-state index contributed by atoms with van der Waals surface area (Å²) in [7, 11) is 0. The summed E-state index contributed by atoms with van der Waals surface area (Å²) in [6.45, 7) is 0. The van der Waals surface area contributed by atoms with Crippen LogP contribution in [0.15, 0.2) is 106 Å². The number of amides is 1. The largest absolute Gasteiger partial charge is 0.321 e. The molecular formula is C24H18FN3OS2. The Hall–Kier alpha value is -3.16. The van der Waals surface area contributed by atoms with Crippen molar-refractivity contribution in [1.82, 2.24) is 9.97 Å². The van der Waals surface area contributed by atoms with Gasteiger partial charge in [-0.15, -0.1) is 0 Å². The minimum atomic E-state index is -0.296. The number of halogens is 1. The van der Waals surface area contributed by atoms with Gasteiger partial charge in [0.15, 0.2) is 5.16 Å². The van der Waals surface area contributed by atoms with Crippen molar-refractivity contribution in [2.24, 2.45) is 0 Å². The number of nitrogens with one attached hydrogen (secondary N) is 1. The number of benzene rings is 3. The van der Waals surface area contributed by atoms with Crippen LogP contribution in [0, 0.1) is 5.82 Å². The highest BCUT2D eigenvalue weighted by Gasteiger charge is 2.17. The van der Waals surface area contributed by atoms with Crippen molar-refractivity contribution >= 4 is 35.1 Å². The lowest BCUT2D eigenvalue weighted by atomic mass is 10.2. The van der Waals surface area contributed by atoms with E-state index in [-0.39, 0.29) is 11.7 Å². The number of hydrogen-bond acceptors (Lipinski definition) is 5. The van der Waals surface area contributed by atoms with E-state index in [1.807, 2.05) is 60.7 Å². The highest BCUT2D eigenvalue weighted by Crippen LogP contribution is 2.31. The molecule has 1 aromatic heterocycles. The minimum absolute atomic E-state index is 0.271. The molecular weight excluding hydrogens is 429 g/mol. The van der Waals surface area contributed by atoms with Gasteiger partial charge in [0.2, 0.25) is 0 Å². The van der Waals surface area contributed by atoms with Crippen LogP contribution in [0.25, 0.3) is 0 Å². The van der Waals surface area contributed by atoms with Gasteiger partial charge in [0.25, 0.3) is 5.91 Å². The Morgan fingerprint density at radius 2 is 1.58 bits per heavy atom. The molecule has 1 heterocycles. The third kappa shape index (κ3) is 5.93. The van der Waals surface area contributed by atoms with Crippen LogP contribution in [0.1, 0.15) is 16.1 Å². The van der Waals surface area contributed by atoms with Crippen molar-refractivity contribution in [3.8, 4) is 0 Å². The van der Waals surface area contributed by atoms with Crippen LogP contribution in [0.4, 0.5) is 10.1 Å². The average Bonchev–Trinajstić information content (AvgIpc) is 2.81. The van der Waals surface area contributed by atoms with Crippen molar-refractivity contribution in [2.75, 3.05) is 5.32 Å². The lowest BCUT2D eigenvalue weighted by Gasteiger charge is -2.10. The van der Waals surface area contributed by atoms with E-state index in [0.717, 1.165) is 10.5 Å². The van der Waals surface area contributed by atoms with E-state index in [1.165, 1.54) is 35.7 Å². The number of thioether (sulfide) groups is 1. The number of anilines is 1. The second kappa shape index (κ2) is 10.2. The molecule has 4 aromatic rings. The van der Waals surface area contributed by atoms with E-state index >= 15 is 0 Å². The highest BCUT2D eigenvalue weighted by atomic mass is 32.2. The summed E-state index contributed by atoms with van der Waals surface area (Å²) in [6.07, 6.45) is 1.68. The van der Waals surface area contributed by atoms with E-state index in [2.05, 4.69) is 15.3 Å². The highest BCUT2D eigenvalue weighted by molar-refractivity contribution is 7.99. The maximum atomic E-state index is 13.1. The van der Waals surface area contributed by atoms with E-state index in [0.29, 0.717) is 27.2 Å². The van der Waals surface area contributed by atoms with Gasteiger partial charge in [-0.2, -0.15) is 0 Å². The zero-order valence-electron chi connectivity index (χ0n) is 16.4. The van der Waals surface area contributed by atoms with Crippen LogP contribution >= 0.6 is 23.5 Å². The quantitative estimate of drug-likeness (QED) is 0.266. The zero-order chi connectivity index (χ0) is 21.5. The van der Waals surface area contributed by atoms with Gasteiger partial charge in [-0.3, -0.25) is 4.79 Å². The Labute approximate surface area is 188 Å². The fourth-order valence-corrected chi connectivity index (χ4v) is 4.38. The van der Waals surface area contributed by atoms with Crippen molar-refractivity contribution in [3.05, 3.63) is 108 Å². The average molecular weight is 448 g/mol. The Bertz CT molecular complexity index is 1160. The monoisotopic (exact) mass is 447 g/mol. The van der Waals surface area contributed by atoms with Crippen molar-refractivity contribution in [2.45, 2.75) is 20.7 Å². The Kier molecular flexibility index (Phi) is 6.96. The summed E-state index contributed by atoms with van der Waals surface area (Å²) in [5.41, 5.74) is 1.96. The van der Waals surface area contributed by atoms with Gasteiger partial charge < -0.3 is 5.32 Å². The summed E-state index contributed by atoms with van der Waals surface area (Å²) >= 11 is 2.84. The lowest BCUT2D eigenvalue weighted by Crippen LogP contribution is -2.15. The molecule has 4 nitrogen and oxygen atoms in total. The van der Waals surface area contributed by atoms with Crippen LogP contribution in [0.2, 0.25) is 0 Å². The second-order valence-electron chi connectivity index (χ2n) is 6.52. The number of nitrogens with zero attached hydrogens (tertiary/aromatic N) is 2. The first-order chi connectivity index (χ1) is 15.2. The number of para-hydroxylation sites is 1. The van der Waals surface area contributed by atoms with E-state index in [9.17, 15) is 9.18 Å². The molecule has 0 radical (unpaired) electrons. The smallest absolute Gasteiger partial charge is 0.275 e. The summed E-state index contributed by atoms with van der Waals surface area (Å²) in [5, 5.41) is 3.38. The molecule has 4 rings (SSSR count). The molecule has 1 N–H and O–H groups in total. The predicted octanol–water partition coefficient (Wildman–Crippen LogP) is 6.31. The Morgan fingerprint density at radius 3 is 2.29 bits per heavy atom. The third-order valence-corrected chi connectivity index (χ3v) is 6.19. The molecule has 0 unspecified atom stereocenters. The number of hydrogen-bond donors (Lipinski definition) is 1. The molecule has 0 saturated heterocycles. The maximum absolute atomic E-state index is 13.1. The van der Waals surface area contributed by atoms with Crippen LogP contribution in [-0.2, 0) is 5.75 Å². The minimum Gasteiger partial charge on any atom is -0.321 e. The van der Waals surface area contributed by atoms with Gasteiger partial charge in [-0.1, -0.05) is 72.1 Å². The van der Waals surface area contributed by atoms with Gasteiger partial charge in [0, 0.05) is 22.5 Å². The number of carbonyl (C=O) groups excluding carboxylic acids is 1. The second-order valence-corrected chi connectivity index (χ2v) is 8.57. The van der Waals surface area contributed by atoms with E-state index in [4.69, 9.17) is 0 Å². The molecule has 0 atom stereocenters. The van der Waals surface area contributed by atoms with Crippen LogP contribution in [0.5, 0.6) is 0 Å². The van der Waals surface area contributed by atoms with E-state index in [1.54, 1.807) is 18.3 Å². The predicted molar refractivity (Wildman–Crippen MR) is 123 cm³/mol. The molecule has 0 aliphatic heterocycles. The summed E-state index contributed by atoms with van der Waals surface area (Å²) in [5.74, 6) is 0.00777. The van der Waals surface area contributed by atoms with Crippen molar-refractivity contribution in [1.29, 1.82) is 0 Å². The topological polar surface area (TPSA) is 54.9 Å². The summed E-state index contributed by atoms with van der Waals surface area (Å²) in [6, 6.07) is 25.3. The van der Waals surface area contributed by atoms with Crippen LogP contribution in [-0.4, -0.2) is 15.9 Å². The number of rotatable bonds is 7. The number of aromatic nitrogens is 2. The SMILES string of the molecule is O=C(Nc1ccccc1)c1nc(SCc2ccc(F)cc2)ncc1Sc1ccccc1. The van der Waals surface area contributed by atoms with Crippen LogP contribution < -0.4 is 5.32 Å². The first-order valence-corrected chi connectivity index (χ1v) is 11.3. The standard InChI is InChI=1S/C24H18FN3OS2/c25-18-13-11-17(12-14-18)16-30-24-26-15-21(31-20-9-5-2-6-10-20)22(28-24)23(29)27-19-7-3-1-4-8-19/h1-15H,16H2,(H,27,29). The molecule has 0 saturated carbocycles. The first-order valence-electron chi connectivity index (χ1n) is 9.51. The number of carbonyl (C=O) groups is 1. The molecule has 0 fully saturated rings. The molecule has 7 heteroatoms. The first kappa shape index (κ1) is 21.1. The summed E-state index contributed by atoms with van der Waals surface area (Å²) in [4.78, 5) is 23.7. The molecule has 1 amide bonds. The fourth-order valence-electron chi connectivity index (χ4n) is 2.72. The van der Waals surface area contributed by atoms with Crippen molar-refractivity contribution < 1.29 is 9.18 Å². The molecule has 3 aromatic carbocycles. The molecule has 0 aliphatic carbocycles. The fraction of sp³-hybridized carbons (Fsp3) is 0.0417. The lowest BCUT2D eigenvalue weighted by molar-refractivity contribution is 0.101. The van der Waals surface area contributed by atoms with Gasteiger partial charge in [0.1, 0.15) is 11.5 Å².